The summed E-state index contributed by atoms with van der Waals surface area (Å²) in [5.41, 5.74) is 2.80. The largest absolute Gasteiger partial charge is 0.0764 e. The van der Waals surface area contributed by atoms with Gasteiger partial charge in [-0.2, -0.15) is 0 Å². The summed E-state index contributed by atoms with van der Waals surface area (Å²) in [4.78, 5) is 0. The van der Waals surface area contributed by atoms with Crippen LogP contribution < -0.4 is 0 Å². The maximum atomic E-state index is 2.18. The summed E-state index contributed by atoms with van der Waals surface area (Å²) in [5, 5.41) is 0. The second kappa shape index (κ2) is 9.48. The summed E-state index contributed by atoms with van der Waals surface area (Å²) in [6.45, 7) is 12.5. The molecule has 0 aliphatic rings. The van der Waals surface area contributed by atoms with E-state index in [0.717, 1.165) is 6.42 Å². The Labute approximate surface area is 72.0 Å². The molecule has 0 amide bonds. The smallest absolute Gasteiger partial charge is 0.0349 e. The van der Waals surface area contributed by atoms with Crippen LogP contribution in [-0.2, 0) is 0 Å². The van der Waals surface area contributed by atoms with Crippen LogP contribution in [0.1, 0.15) is 48.0 Å². The van der Waals surface area contributed by atoms with E-state index in [0.29, 0.717) is 0 Å². The fourth-order valence-electron chi connectivity index (χ4n) is 0.427. The zero-order chi connectivity index (χ0) is 9.28. The number of hydrogen-bond donors (Lipinski definition) is 0. The monoisotopic (exact) mass is 154 g/mol. The van der Waals surface area contributed by atoms with Crippen LogP contribution in [-0.4, -0.2) is 0 Å². The summed E-state index contributed by atoms with van der Waals surface area (Å²) in [5.74, 6) is 0. The fraction of sp³-hybridized carbons (Fsp3) is 0.636. The van der Waals surface area contributed by atoms with Crippen molar-refractivity contribution in [3.63, 3.8) is 0 Å². The molecule has 0 aromatic rings. The highest BCUT2D eigenvalue weighted by atomic mass is 13.9. The van der Waals surface area contributed by atoms with Crippen LogP contribution in [0.5, 0.6) is 0 Å². The molecule has 0 aliphatic heterocycles. The Hall–Kier alpha value is -0.520. The summed E-state index contributed by atoms with van der Waals surface area (Å²) in [7, 11) is 0. The van der Waals surface area contributed by atoms with Gasteiger partial charge in [-0.05, 0) is 27.2 Å². The van der Waals surface area contributed by atoms with E-state index in [-0.39, 0.29) is 0 Å². The topological polar surface area (TPSA) is 0 Å². The van der Waals surface area contributed by atoms with Gasteiger partial charge in [-0.1, -0.05) is 44.1 Å². The van der Waals surface area contributed by atoms with Gasteiger partial charge in [0.05, 0.1) is 0 Å². The predicted octanol–water partition coefficient (Wildman–Crippen LogP) is 4.34. The molecular formula is C11H22. The standard InChI is InChI=1S/C9H16.C2H6/c1-5-9(4)7-6-8(2)3;1-2/h6-7H,5H2,1-4H3;1-2H3/b9-7-;. The van der Waals surface area contributed by atoms with Gasteiger partial charge < -0.3 is 0 Å². The SMILES string of the molecule is CC.CC/C(C)=C\C=C(C)C. The highest BCUT2D eigenvalue weighted by Gasteiger charge is 1.78. The van der Waals surface area contributed by atoms with Crippen molar-refractivity contribution < 1.29 is 0 Å². The minimum absolute atomic E-state index is 1.16. The van der Waals surface area contributed by atoms with Crippen molar-refractivity contribution in [2.75, 3.05) is 0 Å². The molecule has 0 radical (unpaired) electrons. The van der Waals surface area contributed by atoms with E-state index < -0.39 is 0 Å². The fourth-order valence-corrected chi connectivity index (χ4v) is 0.427. The first kappa shape index (κ1) is 13.1. The third-order valence-electron chi connectivity index (χ3n) is 1.26. The van der Waals surface area contributed by atoms with Crippen LogP contribution in [0, 0.1) is 0 Å². The van der Waals surface area contributed by atoms with Crippen LogP contribution >= 0.6 is 0 Å². The lowest BCUT2D eigenvalue weighted by Gasteiger charge is -1.89. The highest BCUT2D eigenvalue weighted by Crippen LogP contribution is 1.99. The van der Waals surface area contributed by atoms with Gasteiger partial charge in [0.2, 0.25) is 0 Å². The summed E-state index contributed by atoms with van der Waals surface area (Å²) in [6, 6.07) is 0. The Morgan fingerprint density at radius 2 is 1.45 bits per heavy atom. The molecule has 0 N–H and O–H groups in total. The third-order valence-corrected chi connectivity index (χ3v) is 1.26. The second-order valence-electron chi connectivity index (χ2n) is 2.61. The van der Waals surface area contributed by atoms with Crippen molar-refractivity contribution in [1.82, 2.24) is 0 Å². The average Bonchev–Trinajstić information content (AvgIpc) is 2.04. The summed E-state index contributed by atoms with van der Waals surface area (Å²) >= 11 is 0. The Kier molecular flexibility index (Phi) is 11.3. The normalized spacial score (nSPS) is 9.82. The van der Waals surface area contributed by atoms with E-state index in [2.05, 4.69) is 39.8 Å². The van der Waals surface area contributed by atoms with Crippen molar-refractivity contribution >= 4 is 0 Å². The number of rotatable bonds is 2. The maximum Gasteiger partial charge on any atom is -0.0349 e. The Balaban J connectivity index is 0. The molecule has 0 aromatic heterocycles. The molecule has 0 aromatic carbocycles. The third kappa shape index (κ3) is 12.6. The van der Waals surface area contributed by atoms with Crippen LogP contribution in [0.3, 0.4) is 0 Å². The zero-order valence-electron chi connectivity index (χ0n) is 8.86. The average molecular weight is 154 g/mol. The van der Waals surface area contributed by atoms with Gasteiger partial charge in [-0.25, -0.2) is 0 Å². The lowest BCUT2D eigenvalue weighted by atomic mass is 10.2. The van der Waals surface area contributed by atoms with Crippen molar-refractivity contribution in [3.05, 3.63) is 23.3 Å². The molecule has 0 heteroatoms. The molecule has 0 heterocycles. The van der Waals surface area contributed by atoms with Gasteiger partial charge in [-0.15, -0.1) is 0 Å². The zero-order valence-corrected chi connectivity index (χ0v) is 8.86. The van der Waals surface area contributed by atoms with Crippen LogP contribution in [0.25, 0.3) is 0 Å². The van der Waals surface area contributed by atoms with Gasteiger partial charge in [0.1, 0.15) is 0 Å². The van der Waals surface area contributed by atoms with Crippen LogP contribution in [0.4, 0.5) is 0 Å². The minimum atomic E-state index is 1.16. The molecule has 0 bridgehead atoms. The van der Waals surface area contributed by atoms with Crippen LogP contribution in [0.2, 0.25) is 0 Å². The molecule has 0 saturated heterocycles. The molecule has 0 unspecified atom stereocenters. The Bertz CT molecular complexity index is 123. The molecule has 0 rings (SSSR count). The first-order chi connectivity index (χ1) is 5.16. The highest BCUT2D eigenvalue weighted by molar-refractivity contribution is 5.13. The van der Waals surface area contributed by atoms with Gasteiger partial charge in [0.25, 0.3) is 0 Å². The molecule has 0 saturated carbocycles. The maximum absolute atomic E-state index is 2.18. The first-order valence-corrected chi connectivity index (χ1v) is 4.47. The van der Waals surface area contributed by atoms with E-state index in [9.17, 15) is 0 Å². The van der Waals surface area contributed by atoms with Gasteiger partial charge in [0.15, 0.2) is 0 Å². The first-order valence-electron chi connectivity index (χ1n) is 4.47. The lowest BCUT2D eigenvalue weighted by molar-refractivity contribution is 1.10. The molecule has 0 nitrogen and oxygen atoms in total. The molecular weight excluding hydrogens is 132 g/mol. The van der Waals surface area contributed by atoms with E-state index in [4.69, 9.17) is 0 Å². The van der Waals surface area contributed by atoms with Gasteiger partial charge >= 0.3 is 0 Å². The summed E-state index contributed by atoms with van der Waals surface area (Å²) in [6.07, 6.45) is 5.48. The molecule has 66 valence electrons. The van der Waals surface area contributed by atoms with E-state index >= 15 is 0 Å². The van der Waals surface area contributed by atoms with E-state index in [1.807, 2.05) is 13.8 Å². The Morgan fingerprint density at radius 3 is 1.73 bits per heavy atom. The molecule has 11 heavy (non-hydrogen) atoms. The van der Waals surface area contributed by atoms with Crippen molar-refractivity contribution in [1.29, 1.82) is 0 Å². The van der Waals surface area contributed by atoms with Crippen molar-refractivity contribution in [2.45, 2.75) is 48.0 Å². The Morgan fingerprint density at radius 1 is 1.00 bits per heavy atom. The van der Waals surface area contributed by atoms with Crippen molar-refractivity contribution in [2.24, 2.45) is 0 Å². The van der Waals surface area contributed by atoms with E-state index in [1.54, 1.807) is 0 Å². The van der Waals surface area contributed by atoms with E-state index in [1.165, 1.54) is 11.1 Å². The minimum Gasteiger partial charge on any atom is -0.0764 e. The molecule has 0 atom stereocenters. The van der Waals surface area contributed by atoms with Gasteiger partial charge in [0, 0.05) is 0 Å². The van der Waals surface area contributed by atoms with Crippen LogP contribution in [0.15, 0.2) is 23.3 Å². The molecule has 0 aliphatic carbocycles. The molecule has 0 fully saturated rings. The number of allylic oxidation sites excluding steroid dienone is 4. The quantitative estimate of drug-likeness (QED) is 0.519. The predicted molar refractivity (Wildman–Crippen MR) is 54.8 cm³/mol. The second-order valence-corrected chi connectivity index (χ2v) is 2.61. The van der Waals surface area contributed by atoms with Crippen molar-refractivity contribution in [3.8, 4) is 0 Å². The summed E-state index contributed by atoms with van der Waals surface area (Å²) < 4.78 is 0. The number of hydrogen-bond acceptors (Lipinski definition) is 0. The lowest BCUT2D eigenvalue weighted by Crippen LogP contribution is -1.68. The van der Waals surface area contributed by atoms with Gasteiger partial charge in [-0.3, -0.25) is 0 Å². The molecule has 0 spiro atoms.